The number of aryl methyl sites for hydroxylation is 1. The maximum absolute atomic E-state index is 13.7. The molecule has 3 atom stereocenters. The van der Waals surface area contributed by atoms with E-state index in [1.54, 1.807) is 32.6 Å². The molecule has 3 unspecified atom stereocenters. The van der Waals surface area contributed by atoms with Gasteiger partial charge in [-0.1, -0.05) is 6.92 Å². The number of halogens is 1. The van der Waals surface area contributed by atoms with Crippen LogP contribution in [0.25, 0.3) is 16.6 Å². The smallest absolute Gasteiger partial charge is 0.230 e. The molecule has 9 heteroatoms. The average molecular weight is 473 g/mol. The zero-order chi connectivity index (χ0) is 24.5. The predicted octanol–water partition coefficient (Wildman–Crippen LogP) is 3.50. The lowest BCUT2D eigenvalue weighted by Crippen LogP contribution is -2.37. The van der Waals surface area contributed by atoms with Gasteiger partial charge < -0.3 is 10.6 Å². The van der Waals surface area contributed by atoms with Crippen molar-refractivity contribution >= 4 is 28.4 Å². The minimum atomic E-state index is -0.691. The number of fused-ring (bicyclic) bond motifs is 1. The molecule has 178 valence electrons. The minimum absolute atomic E-state index is 0.0524. The lowest BCUT2D eigenvalue weighted by Gasteiger charge is -2.31. The Bertz CT molecular complexity index is 1470. The largest absolute Gasteiger partial charge is 0.369 e. The second-order valence-corrected chi connectivity index (χ2v) is 9.68. The fraction of sp³-hybridized carbons (Fsp3) is 0.308. The number of rotatable bonds is 5. The van der Waals surface area contributed by atoms with Crippen LogP contribution in [0.4, 0.5) is 10.1 Å². The second kappa shape index (κ2) is 7.49. The average Bonchev–Trinajstić information content (AvgIpc) is 3.23. The first-order chi connectivity index (χ1) is 16.8. The summed E-state index contributed by atoms with van der Waals surface area (Å²) in [6, 6.07) is 13.3. The first-order valence-corrected chi connectivity index (χ1v) is 11.7. The number of carbonyl (C=O) groups excluding carboxylic acids is 2. The molecule has 2 aromatic heterocycles. The van der Waals surface area contributed by atoms with Gasteiger partial charge in [0.1, 0.15) is 5.82 Å². The number of anilines is 1. The highest BCUT2D eigenvalue weighted by Gasteiger charge is 2.64. The van der Waals surface area contributed by atoms with E-state index in [0.29, 0.717) is 18.5 Å². The first kappa shape index (κ1) is 21.5. The van der Waals surface area contributed by atoms with Crippen molar-refractivity contribution in [2.24, 2.45) is 30.0 Å². The van der Waals surface area contributed by atoms with Crippen LogP contribution in [-0.2, 0) is 16.6 Å². The highest BCUT2D eigenvalue weighted by molar-refractivity contribution is 6.01. The van der Waals surface area contributed by atoms with Crippen LogP contribution < -0.4 is 10.6 Å². The molecule has 1 aliphatic heterocycles. The van der Waals surface area contributed by atoms with E-state index in [0.717, 1.165) is 22.3 Å². The molecule has 2 amide bonds. The fourth-order valence-corrected chi connectivity index (χ4v) is 5.76. The van der Waals surface area contributed by atoms with Crippen LogP contribution in [0.5, 0.6) is 0 Å². The highest BCUT2D eigenvalue weighted by Crippen LogP contribution is 2.62. The van der Waals surface area contributed by atoms with Gasteiger partial charge in [-0.3, -0.25) is 14.3 Å². The summed E-state index contributed by atoms with van der Waals surface area (Å²) < 4.78 is 16.8. The number of carbonyl (C=O) groups is 2. The number of amides is 2. The van der Waals surface area contributed by atoms with Crippen LogP contribution in [0, 0.1) is 23.1 Å². The lowest BCUT2D eigenvalue weighted by atomic mass is 9.76. The number of aromatic nitrogens is 4. The summed E-state index contributed by atoms with van der Waals surface area (Å²) >= 11 is 0. The summed E-state index contributed by atoms with van der Waals surface area (Å²) in [7, 11) is 1.83. The van der Waals surface area contributed by atoms with E-state index in [9.17, 15) is 14.0 Å². The third-order valence-corrected chi connectivity index (χ3v) is 7.64. The van der Waals surface area contributed by atoms with Crippen LogP contribution in [0.3, 0.4) is 0 Å². The molecule has 2 fully saturated rings. The van der Waals surface area contributed by atoms with Gasteiger partial charge in [0.05, 0.1) is 34.6 Å². The number of benzene rings is 2. The Morgan fingerprint density at radius 2 is 1.83 bits per heavy atom. The van der Waals surface area contributed by atoms with Gasteiger partial charge in [-0.25, -0.2) is 9.07 Å². The normalized spacial score (nSPS) is 23.2. The zero-order valence-electron chi connectivity index (χ0n) is 19.4. The Hall–Kier alpha value is -4.01. The van der Waals surface area contributed by atoms with E-state index >= 15 is 0 Å². The van der Waals surface area contributed by atoms with Crippen molar-refractivity contribution < 1.29 is 14.0 Å². The fourth-order valence-electron chi connectivity index (χ4n) is 5.76. The van der Waals surface area contributed by atoms with E-state index in [2.05, 4.69) is 10.2 Å². The highest BCUT2D eigenvalue weighted by atomic mass is 19.1. The zero-order valence-corrected chi connectivity index (χ0v) is 19.4. The Morgan fingerprint density at radius 1 is 1.11 bits per heavy atom. The van der Waals surface area contributed by atoms with Gasteiger partial charge in [0, 0.05) is 36.2 Å². The number of nitrogens with two attached hydrogens (primary N) is 1. The molecule has 2 aliphatic rings. The van der Waals surface area contributed by atoms with E-state index in [4.69, 9.17) is 5.73 Å². The standard InChI is InChI=1S/C26H25FN6O2/c1-15-22(26(10-11-26)25(28)35)23(20-9-12-31(2)30-20)32(24(15)34)19-7-8-21-16(13-19)14-29-33(21)18-5-3-17(27)4-6-18/h3-9,12-15,22-23H,10-11H2,1-2H3,(H2,28,35). The van der Waals surface area contributed by atoms with Gasteiger partial charge in [-0.05, 0) is 61.4 Å². The van der Waals surface area contributed by atoms with Gasteiger partial charge >= 0.3 is 0 Å². The molecule has 4 aromatic rings. The molecule has 2 aromatic carbocycles. The number of hydrogen-bond acceptors (Lipinski definition) is 4. The van der Waals surface area contributed by atoms with Crippen molar-refractivity contribution in [3.05, 3.63) is 72.4 Å². The van der Waals surface area contributed by atoms with Crippen molar-refractivity contribution in [1.82, 2.24) is 19.6 Å². The van der Waals surface area contributed by atoms with Crippen LogP contribution in [0.15, 0.2) is 60.9 Å². The van der Waals surface area contributed by atoms with Crippen molar-refractivity contribution in [1.29, 1.82) is 0 Å². The quantitative estimate of drug-likeness (QED) is 0.481. The van der Waals surface area contributed by atoms with E-state index in [-0.39, 0.29) is 29.5 Å². The Morgan fingerprint density at radius 3 is 2.46 bits per heavy atom. The Kier molecular flexibility index (Phi) is 4.61. The minimum Gasteiger partial charge on any atom is -0.369 e. The van der Waals surface area contributed by atoms with Gasteiger partial charge in [-0.2, -0.15) is 10.2 Å². The summed E-state index contributed by atoms with van der Waals surface area (Å²) in [6.45, 7) is 1.89. The maximum atomic E-state index is 13.7. The first-order valence-electron chi connectivity index (χ1n) is 11.7. The SMILES string of the molecule is CC1C(=O)N(c2ccc3c(cnn3-c3ccc(F)cc3)c2)C(c2ccn(C)n2)C1C1(C(N)=O)CC1. The Balaban J connectivity index is 1.46. The number of primary amides is 1. The topological polar surface area (TPSA) is 99.0 Å². The van der Waals surface area contributed by atoms with Gasteiger partial charge in [0.25, 0.3) is 0 Å². The molecular weight excluding hydrogens is 447 g/mol. The molecular formula is C26H25FN6O2. The Labute approximate surface area is 201 Å². The molecule has 6 rings (SSSR count). The molecule has 0 bridgehead atoms. The third kappa shape index (κ3) is 3.18. The molecule has 0 radical (unpaired) electrons. The van der Waals surface area contributed by atoms with Crippen molar-refractivity contribution in [3.8, 4) is 5.69 Å². The molecule has 3 heterocycles. The molecule has 0 spiro atoms. The number of nitrogens with zero attached hydrogens (tertiary/aromatic N) is 5. The van der Waals surface area contributed by atoms with Crippen molar-refractivity contribution in [2.75, 3.05) is 4.90 Å². The molecule has 1 aliphatic carbocycles. The van der Waals surface area contributed by atoms with Crippen molar-refractivity contribution in [2.45, 2.75) is 25.8 Å². The van der Waals surface area contributed by atoms with Gasteiger partial charge in [0.15, 0.2) is 0 Å². The molecule has 1 saturated heterocycles. The van der Waals surface area contributed by atoms with E-state index in [1.165, 1.54) is 12.1 Å². The van der Waals surface area contributed by atoms with Crippen LogP contribution in [0.1, 0.15) is 31.5 Å². The molecule has 35 heavy (non-hydrogen) atoms. The van der Waals surface area contributed by atoms with Crippen molar-refractivity contribution in [3.63, 3.8) is 0 Å². The van der Waals surface area contributed by atoms with E-state index < -0.39 is 11.5 Å². The third-order valence-electron chi connectivity index (χ3n) is 7.64. The second-order valence-electron chi connectivity index (χ2n) is 9.68. The van der Waals surface area contributed by atoms with Crippen LogP contribution in [-0.4, -0.2) is 31.4 Å². The predicted molar refractivity (Wildman–Crippen MR) is 128 cm³/mol. The summed E-state index contributed by atoms with van der Waals surface area (Å²) in [6.07, 6.45) is 4.94. The summed E-state index contributed by atoms with van der Waals surface area (Å²) in [4.78, 5) is 28.0. The van der Waals surface area contributed by atoms with Crippen LogP contribution in [0.2, 0.25) is 0 Å². The molecule has 1 saturated carbocycles. The van der Waals surface area contributed by atoms with Crippen LogP contribution >= 0.6 is 0 Å². The monoisotopic (exact) mass is 472 g/mol. The molecule has 2 N–H and O–H groups in total. The van der Waals surface area contributed by atoms with Gasteiger partial charge in [-0.15, -0.1) is 0 Å². The number of hydrogen-bond donors (Lipinski definition) is 1. The van der Waals surface area contributed by atoms with Gasteiger partial charge in [0.2, 0.25) is 11.8 Å². The lowest BCUT2D eigenvalue weighted by molar-refractivity contribution is -0.126. The summed E-state index contributed by atoms with van der Waals surface area (Å²) in [5.74, 6) is -1.35. The molecule has 8 nitrogen and oxygen atoms in total. The summed E-state index contributed by atoms with van der Waals surface area (Å²) in [5.41, 5.74) is 8.20. The maximum Gasteiger partial charge on any atom is 0.230 e. The summed E-state index contributed by atoms with van der Waals surface area (Å²) in [5, 5.41) is 9.94. The van der Waals surface area contributed by atoms with E-state index in [1.807, 2.05) is 44.4 Å².